The van der Waals surface area contributed by atoms with Crippen LogP contribution in [0.1, 0.15) is 6.92 Å². The molecule has 1 aliphatic rings. The molecule has 4 heteroatoms. The van der Waals surface area contributed by atoms with E-state index in [-0.39, 0.29) is 12.7 Å². The molecule has 0 aromatic heterocycles. The Morgan fingerprint density at radius 1 is 1.67 bits per heavy atom. The molecule has 9 heavy (non-hydrogen) atoms. The maximum atomic E-state index is 12.1. The normalized spacial score (nSPS) is 36.0. The SMILES string of the molecule is CC1OCC1C(N)(F)F. The molecular weight excluding hydrogens is 128 g/mol. The largest absolute Gasteiger partial charge is 0.377 e. The topological polar surface area (TPSA) is 35.2 Å². The minimum Gasteiger partial charge on any atom is -0.377 e. The quantitative estimate of drug-likeness (QED) is 0.536. The number of nitrogens with two attached hydrogens (primary N) is 1. The first kappa shape index (κ1) is 6.89. The number of hydrogen-bond donors (Lipinski definition) is 1. The Morgan fingerprint density at radius 2 is 2.22 bits per heavy atom. The van der Waals surface area contributed by atoms with Crippen LogP contribution >= 0.6 is 0 Å². The summed E-state index contributed by atoms with van der Waals surface area (Å²) in [5, 5.41) is 0. The third-order valence-electron chi connectivity index (χ3n) is 1.60. The van der Waals surface area contributed by atoms with Crippen molar-refractivity contribution in [1.82, 2.24) is 0 Å². The zero-order valence-corrected chi connectivity index (χ0v) is 5.10. The Morgan fingerprint density at radius 3 is 2.22 bits per heavy atom. The fourth-order valence-electron chi connectivity index (χ4n) is 0.809. The van der Waals surface area contributed by atoms with Gasteiger partial charge < -0.3 is 4.74 Å². The molecule has 0 aliphatic carbocycles. The molecule has 0 radical (unpaired) electrons. The van der Waals surface area contributed by atoms with Crippen molar-refractivity contribution in [3.8, 4) is 0 Å². The Bertz CT molecular complexity index is 112. The highest BCUT2D eigenvalue weighted by Gasteiger charge is 2.45. The molecular formula is C5H9F2NO. The molecule has 2 atom stereocenters. The van der Waals surface area contributed by atoms with Crippen molar-refractivity contribution in [3.63, 3.8) is 0 Å². The zero-order valence-electron chi connectivity index (χ0n) is 5.10. The van der Waals surface area contributed by atoms with Crippen LogP contribution in [0.4, 0.5) is 8.78 Å². The minimum absolute atomic E-state index is 0.0880. The van der Waals surface area contributed by atoms with Crippen molar-refractivity contribution in [3.05, 3.63) is 0 Å². The van der Waals surface area contributed by atoms with Crippen LogP contribution in [0.2, 0.25) is 0 Å². The number of ether oxygens (including phenoxy) is 1. The van der Waals surface area contributed by atoms with Gasteiger partial charge in [-0.15, -0.1) is 0 Å². The first-order chi connectivity index (χ1) is 4.02. The fraction of sp³-hybridized carbons (Fsp3) is 1.00. The predicted molar refractivity (Wildman–Crippen MR) is 28.0 cm³/mol. The highest BCUT2D eigenvalue weighted by atomic mass is 19.3. The molecule has 2 unspecified atom stereocenters. The molecule has 1 heterocycles. The molecule has 0 saturated carbocycles. The molecule has 0 bridgehead atoms. The third kappa shape index (κ3) is 1.19. The van der Waals surface area contributed by atoms with Crippen LogP contribution in [0.3, 0.4) is 0 Å². The van der Waals surface area contributed by atoms with Gasteiger partial charge in [-0.2, -0.15) is 8.78 Å². The van der Waals surface area contributed by atoms with Gasteiger partial charge in [-0.1, -0.05) is 0 Å². The third-order valence-corrected chi connectivity index (χ3v) is 1.60. The van der Waals surface area contributed by atoms with E-state index in [0.29, 0.717) is 0 Å². The number of alkyl halides is 2. The van der Waals surface area contributed by atoms with Crippen LogP contribution in [0, 0.1) is 5.92 Å². The van der Waals surface area contributed by atoms with E-state index in [1.54, 1.807) is 6.92 Å². The molecule has 1 rings (SSSR count). The van der Waals surface area contributed by atoms with Gasteiger partial charge in [0.2, 0.25) is 0 Å². The minimum atomic E-state index is -3.06. The first-order valence-corrected chi connectivity index (χ1v) is 2.80. The first-order valence-electron chi connectivity index (χ1n) is 2.80. The Kier molecular flexibility index (Phi) is 1.44. The molecule has 1 fully saturated rings. The molecule has 0 aromatic rings. The van der Waals surface area contributed by atoms with Crippen LogP contribution in [-0.2, 0) is 4.74 Å². The van der Waals surface area contributed by atoms with Crippen molar-refractivity contribution in [2.24, 2.45) is 11.7 Å². The van der Waals surface area contributed by atoms with Crippen molar-refractivity contribution in [2.75, 3.05) is 6.61 Å². The van der Waals surface area contributed by atoms with Crippen molar-refractivity contribution in [1.29, 1.82) is 0 Å². The summed E-state index contributed by atoms with van der Waals surface area (Å²) >= 11 is 0. The second kappa shape index (κ2) is 1.88. The molecule has 0 amide bonds. The molecule has 0 spiro atoms. The maximum absolute atomic E-state index is 12.1. The molecule has 2 N–H and O–H groups in total. The van der Waals surface area contributed by atoms with Gasteiger partial charge in [0.15, 0.2) is 0 Å². The summed E-state index contributed by atoms with van der Waals surface area (Å²) < 4.78 is 28.9. The van der Waals surface area contributed by atoms with Gasteiger partial charge in [0, 0.05) is 0 Å². The van der Waals surface area contributed by atoms with Crippen LogP contribution in [-0.4, -0.2) is 18.8 Å². The van der Waals surface area contributed by atoms with Gasteiger partial charge in [-0.25, -0.2) is 0 Å². The summed E-state index contributed by atoms with van der Waals surface area (Å²) in [6, 6.07) is -3.06. The molecule has 2 nitrogen and oxygen atoms in total. The van der Waals surface area contributed by atoms with E-state index in [4.69, 9.17) is 4.74 Å². The Hall–Kier alpha value is -0.220. The zero-order chi connectivity index (χ0) is 7.07. The summed E-state index contributed by atoms with van der Waals surface area (Å²) in [6.45, 7) is 1.68. The van der Waals surface area contributed by atoms with Crippen LogP contribution < -0.4 is 5.73 Å². The summed E-state index contributed by atoms with van der Waals surface area (Å²) in [5.74, 6) is -0.780. The summed E-state index contributed by atoms with van der Waals surface area (Å²) in [4.78, 5) is 0. The number of hydrogen-bond acceptors (Lipinski definition) is 2. The van der Waals surface area contributed by atoms with Gasteiger partial charge >= 0.3 is 6.05 Å². The summed E-state index contributed by atoms with van der Waals surface area (Å²) in [5.41, 5.74) is 4.52. The fourth-order valence-corrected chi connectivity index (χ4v) is 0.809. The Labute approximate surface area is 52.0 Å². The second-order valence-electron chi connectivity index (χ2n) is 2.32. The monoisotopic (exact) mass is 137 g/mol. The average molecular weight is 137 g/mol. The van der Waals surface area contributed by atoms with E-state index >= 15 is 0 Å². The highest BCUT2D eigenvalue weighted by Crippen LogP contribution is 2.30. The van der Waals surface area contributed by atoms with Gasteiger partial charge in [0.25, 0.3) is 0 Å². The van der Waals surface area contributed by atoms with Gasteiger partial charge in [-0.3, -0.25) is 5.73 Å². The lowest BCUT2D eigenvalue weighted by Crippen LogP contribution is -2.53. The lowest BCUT2D eigenvalue weighted by atomic mass is 9.97. The lowest BCUT2D eigenvalue weighted by molar-refractivity contribution is -0.207. The second-order valence-corrected chi connectivity index (χ2v) is 2.32. The summed E-state index contributed by atoms with van der Waals surface area (Å²) in [7, 11) is 0. The molecule has 0 aromatic carbocycles. The number of halogens is 2. The predicted octanol–water partition coefficient (Wildman–Crippen LogP) is 0.573. The van der Waals surface area contributed by atoms with Gasteiger partial charge in [-0.05, 0) is 6.92 Å². The van der Waals surface area contributed by atoms with E-state index in [9.17, 15) is 8.78 Å². The van der Waals surface area contributed by atoms with Gasteiger partial charge in [0.05, 0.1) is 18.6 Å². The Balaban J connectivity index is 2.44. The van der Waals surface area contributed by atoms with Crippen LogP contribution in [0.5, 0.6) is 0 Å². The van der Waals surface area contributed by atoms with Crippen molar-refractivity contribution >= 4 is 0 Å². The van der Waals surface area contributed by atoms with E-state index in [2.05, 4.69) is 5.73 Å². The van der Waals surface area contributed by atoms with E-state index < -0.39 is 12.0 Å². The molecule has 1 saturated heterocycles. The average Bonchev–Trinajstić information content (AvgIpc) is 1.57. The van der Waals surface area contributed by atoms with Crippen LogP contribution in [0.15, 0.2) is 0 Å². The van der Waals surface area contributed by atoms with Crippen molar-refractivity contribution < 1.29 is 13.5 Å². The smallest absolute Gasteiger partial charge is 0.307 e. The van der Waals surface area contributed by atoms with Crippen LogP contribution in [0.25, 0.3) is 0 Å². The molecule has 54 valence electrons. The van der Waals surface area contributed by atoms with Crippen molar-refractivity contribution in [2.45, 2.75) is 19.1 Å². The van der Waals surface area contributed by atoms with E-state index in [1.165, 1.54) is 0 Å². The van der Waals surface area contributed by atoms with E-state index in [0.717, 1.165) is 0 Å². The highest BCUT2D eigenvalue weighted by molar-refractivity contribution is 4.83. The van der Waals surface area contributed by atoms with Gasteiger partial charge in [0.1, 0.15) is 0 Å². The standard InChI is InChI=1S/C5H9F2NO/c1-3-4(2-9-3)5(6,7)8/h3-4H,2,8H2,1H3. The molecule has 1 aliphatic heterocycles. The lowest BCUT2D eigenvalue weighted by Gasteiger charge is -2.37. The van der Waals surface area contributed by atoms with E-state index in [1.807, 2.05) is 0 Å². The summed E-state index contributed by atoms with van der Waals surface area (Å²) in [6.07, 6.45) is -0.384. The number of rotatable bonds is 1. The maximum Gasteiger partial charge on any atom is 0.307 e.